The summed E-state index contributed by atoms with van der Waals surface area (Å²) >= 11 is 0. The number of aliphatic imine (C=N–C) groups is 4. The average molecular weight is 523 g/mol. The van der Waals surface area contributed by atoms with Gasteiger partial charge in [-0.3, -0.25) is 20.0 Å². The maximum absolute atomic E-state index is 4.65. The minimum atomic E-state index is -2.72. The first-order valence-electron chi connectivity index (χ1n) is 10.6. The molecule has 34 heavy (non-hydrogen) atoms. The molecule has 0 aliphatic heterocycles. The van der Waals surface area contributed by atoms with Crippen molar-refractivity contribution in [3.8, 4) is 0 Å². The molecule has 14 heteroatoms. The van der Waals surface area contributed by atoms with Gasteiger partial charge >= 0.3 is 7.87 Å². The van der Waals surface area contributed by atoms with Crippen molar-refractivity contribution in [2.45, 2.75) is 0 Å². The largest absolute Gasteiger partial charge is 1.00 e. The van der Waals surface area contributed by atoms with Crippen LogP contribution in [0.4, 0.5) is 0 Å². The third kappa shape index (κ3) is 6.47. The van der Waals surface area contributed by atoms with Crippen LogP contribution in [0, 0.1) is 0 Å². The molecule has 0 heterocycles. The SMILES string of the molecule is CN=C(N(C)C)N(C)[P+](N(C)C(=NC)N(C)C)(N(C)C(=NC)N(C)C)N(C)C(=NC)N(C)C.[Cl-]. The minimum Gasteiger partial charge on any atom is -1.00 e. The highest BCUT2D eigenvalue weighted by molar-refractivity contribution is 7.69. The lowest BCUT2D eigenvalue weighted by atomic mass is 10.8. The van der Waals surface area contributed by atoms with Gasteiger partial charge < -0.3 is 32.0 Å². The Morgan fingerprint density at radius 3 is 0.618 bits per heavy atom. The maximum atomic E-state index is 4.65. The Kier molecular flexibility index (Phi) is 14.2. The van der Waals surface area contributed by atoms with E-state index >= 15 is 0 Å². The van der Waals surface area contributed by atoms with Crippen LogP contribution in [0.3, 0.4) is 0 Å². The maximum Gasteiger partial charge on any atom is 0.415 e. The highest BCUT2D eigenvalue weighted by atomic mass is 35.5. The molecule has 0 spiro atoms. The van der Waals surface area contributed by atoms with Gasteiger partial charge in [0.1, 0.15) is 0 Å². The fourth-order valence-corrected chi connectivity index (χ4v) is 8.67. The van der Waals surface area contributed by atoms with Crippen molar-refractivity contribution in [3.63, 3.8) is 0 Å². The molecule has 0 aromatic heterocycles. The normalized spacial score (nSPS) is 14.6. The summed E-state index contributed by atoms with van der Waals surface area (Å²) in [4.78, 5) is 26.6. The van der Waals surface area contributed by atoms with Gasteiger partial charge in [0.25, 0.3) is 0 Å². The first-order chi connectivity index (χ1) is 15.2. The summed E-state index contributed by atoms with van der Waals surface area (Å²) in [6.45, 7) is 0. The Morgan fingerprint density at radius 2 is 0.529 bits per heavy atom. The van der Waals surface area contributed by atoms with Crippen LogP contribution < -0.4 is 12.4 Å². The van der Waals surface area contributed by atoms with Crippen LogP contribution in [0.5, 0.6) is 0 Å². The van der Waals surface area contributed by atoms with Gasteiger partial charge in [-0.25, -0.2) is 0 Å². The third-order valence-electron chi connectivity index (χ3n) is 5.17. The van der Waals surface area contributed by atoms with Gasteiger partial charge in [-0.15, -0.1) is 0 Å². The van der Waals surface area contributed by atoms with E-state index in [0.717, 1.165) is 23.8 Å². The van der Waals surface area contributed by atoms with Crippen molar-refractivity contribution in [2.24, 2.45) is 20.0 Å². The van der Waals surface area contributed by atoms with Gasteiger partial charge in [0.05, 0.1) is 28.2 Å². The minimum absolute atomic E-state index is 0. The van der Waals surface area contributed by atoms with Crippen molar-refractivity contribution in [1.29, 1.82) is 0 Å². The number of rotatable bonds is 4. The molecule has 0 unspecified atom stereocenters. The van der Waals surface area contributed by atoms with Crippen molar-refractivity contribution in [1.82, 2.24) is 38.3 Å². The lowest BCUT2D eigenvalue weighted by Gasteiger charge is -2.50. The van der Waals surface area contributed by atoms with Crippen LogP contribution in [0.15, 0.2) is 20.0 Å². The van der Waals surface area contributed by atoms with Gasteiger partial charge in [-0.05, 0) is 0 Å². The second kappa shape index (κ2) is 14.3. The van der Waals surface area contributed by atoms with E-state index in [1.165, 1.54) is 0 Å². The molecule has 0 radical (unpaired) electrons. The monoisotopic (exact) mass is 522 g/mol. The van der Waals surface area contributed by atoms with Crippen LogP contribution in [0.1, 0.15) is 0 Å². The van der Waals surface area contributed by atoms with Crippen LogP contribution >= 0.6 is 7.87 Å². The smallest absolute Gasteiger partial charge is 0.415 e. The summed E-state index contributed by atoms with van der Waals surface area (Å²) in [6, 6.07) is 0. The molecule has 0 aliphatic rings. The third-order valence-corrected chi connectivity index (χ3v) is 9.10. The quantitative estimate of drug-likeness (QED) is 0.229. The van der Waals surface area contributed by atoms with E-state index < -0.39 is 7.87 Å². The molecule has 0 N–H and O–H groups in total. The molecule has 0 fully saturated rings. The molecule has 0 aliphatic carbocycles. The van der Waals surface area contributed by atoms with Gasteiger partial charge in [0.15, 0.2) is 0 Å². The summed E-state index contributed by atoms with van der Waals surface area (Å²) in [5, 5.41) is 0. The molecule has 0 aromatic rings. The van der Waals surface area contributed by atoms with Crippen LogP contribution in [-0.2, 0) is 0 Å². The van der Waals surface area contributed by atoms with Crippen molar-refractivity contribution < 1.29 is 12.4 Å². The number of guanidine groups is 4. The molecular formula is C20H48ClN12P. The Morgan fingerprint density at radius 1 is 0.382 bits per heavy atom. The summed E-state index contributed by atoms with van der Waals surface area (Å²) < 4.78 is 8.85. The molecule has 0 rings (SSSR count). The Balaban J connectivity index is 0. The van der Waals surface area contributed by atoms with Crippen molar-refractivity contribution in [3.05, 3.63) is 0 Å². The van der Waals surface area contributed by atoms with E-state index in [1.807, 2.05) is 104 Å². The molecule has 0 amide bonds. The fraction of sp³-hybridized carbons (Fsp3) is 0.800. The molecule has 12 nitrogen and oxygen atoms in total. The van der Waals surface area contributed by atoms with Gasteiger partial charge in [-0.2, -0.15) is 18.7 Å². The van der Waals surface area contributed by atoms with Crippen LogP contribution in [0.25, 0.3) is 0 Å². The molecule has 0 aromatic carbocycles. The van der Waals surface area contributed by atoms with Gasteiger partial charge in [0.2, 0.25) is 23.8 Å². The Bertz CT molecular complexity index is 622. The molecule has 0 saturated heterocycles. The number of nitrogens with zero attached hydrogens (tertiary/aromatic N) is 12. The number of hydrogen-bond donors (Lipinski definition) is 0. The van der Waals surface area contributed by atoms with E-state index in [1.54, 1.807) is 0 Å². The Labute approximate surface area is 215 Å². The second-order valence-electron chi connectivity index (χ2n) is 8.30. The molecule has 0 saturated carbocycles. The second-order valence-corrected chi connectivity index (χ2v) is 11.8. The number of halogens is 1. The standard InChI is InChI=1S/C20H48N12P.ClH/c1-21-17(25(5)6)29(13)33(30(14)18(22-2)26(7)8,31(15)19(23-3)27(9)10)32(16)20(24-4)28(11)12;/h1-16H3;1H/q+1;/p-1. The summed E-state index contributed by atoms with van der Waals surface area (Å²) in [5.74, 6) is 3.25. The molecule has 0 atom stereocenters. The fourth-order valence-electron chi connectivity index (χ4n) is 4.22. The topological polar surface area (TPSA) is 75.4 Å². The van der Waals surface area contributed by atoms with E-state index in [9.17, 15) is 0 Å². The zero-order valence-corrected chi connectivity index (χ0v) is 25.8. The molecule has 200 valence electrons. The predicted molar refractivity (Wildman–Crippen MR) is 146 cm³/mol. The molecular weight excluding hydrogens is 475 g/mol. The first kappa shape index (κ1) is 34.0. The van der Waals surface area contributed by atoms with E-state index in [-0.39, 0.29) is 12.4 Å². The van der Waals surface area contributed by atoms with E-state index in [0.29, 0.717) is 0 Å². The lowest BCUT2D eigenvalue weighted by molar-refractivity contribution is -0.00000803. The van der Waals surface area contributed by atoms with Crippen LogP contribution in [0.2, 0.25) is 0 Å². The van der Waals surface area contributed by atoms with Crippen LogP contribution in [-0.4, -0.2) is 175 Å². The number of hydrogen-bond acceptors (Lipinski definition) is 4. The van der Waals surface area contributed by atoms with Crippen molar-refractivity contribution in [2.75, 3.05) is 113 Å². The lowest BCUT2D eigenvalue weighted by Crippen LogP contribution is -3.00. The predicted octanol–water partition coefficient (Wildman–Crippen LogP) is -2.42. The first-order valence-corrected chi connectivity index (χ1v) is 12.2. The summed E-state index contributed by atoms with van der Waals surface area (Å²) in [5.41, 5.74) is 0. The summed E-state index contributed by atoms with van der Waals surface area (Å²) in [7, 11) is 28.7. The van der Waals surface area contributed by atoms with E-state index in [4.69, 9.17) is 0 Å². The Hall–Kier alpha value is -2.20. The van der Waals surface area contributed by atoms with Crippen molar-refractivity contribution >= 4 is 31.7 Å². The molecule has 0 bridgehead atoms. The zero-order chi connectivity index (χ0) is 26.3. The van der Waals surface area contributed by atoms with Gasteiger partial charge in [-0.1, -0.05) is 0 Å². The highest BCUT2D eigenvalue weighted by Crippen LogP contribution is 2.68. The van der Waals surface area contributed by atoms with Gasteiger partial charge in [0, 0.05) is 84.6 Å². The average Bonchev–Trinajstić information content (AvgIpc) is 2.69. The zero-order valence-electron chi connectivity index (χ0n) is 24.2. The van der Waals surface area contributed by atoms with E-state index in [2.05, 4.69) is 66.8 Å². The summed E-state index contributed by atoms with van der Waals surface area (Å²) in [6.07, 6.45) is 0. The highest BCUT2D eigenvalue weighted by Gasteiger charge is 2.63.